The first-order chi connectivity index (χ1) is 7.22. The van der Waals surface area contributed by atoms with Gasteiger partial charge in [0, 0.05) is 0 Å². The number of halogens is 2. The minimum absolute atomic E-state index is 0.479. The Morgan fingerprint density at radius 1 is 1.27 bits per heavy atom. The average molecular weight is 241 g/mol. The van der Waals surface area contributed by atoms with Gasteiger partial charge in [0.1, 0.15) is 6.29 Å². The van der Waals surface area contributed by atoms with Crippen molar-refractivity contribution < 1.29 is 4.79 Å². The maximum absolute atomic E-state index is 10.2. The molecule has 1 fully saturated rings. The summed E-state index contributed by atoms with van der Waals surface area (Å²) in [5.41, 5.74) is 1.20. The standard InChI is InChI=1S/C12H10Cl2O/c13-11-4-3-9(7-12(11)14)10-6-8(10)2-1-5-15/h1-5,7-8,10H,6H2. The third-order valence-electron chi connectivity index (χ3n) is 2.65. The molecule has 1 aliphatic carbocycles. The van der Waals surface area contributed by atoms with Crippen LogP contribution in [0.15, 0.2) is 30.4 Å². The number of allylic oxidation sites excluding steroid dienone is 2. The summed E-state index contributed by atoms with van der Waals surface area (Å²) in [7, 11) is 0. The summed E-state index contributed by atoms with van der Waals surface area (Å²) in [6.07, 6.45) is 5.40. The zero-order valence-corrected chi connectivity index (χ0v) is 9.50. The number of benzene rings is 1. The number of rotatable bonds is 3. The van der Waals surface area contributed by atoms with E-state index in [0.717, 1.165) is 12.7 Å². The minimum atomic E-state index is 0.479. The summed E-state index contributed by atoms with van der Waals surface area (Å²) < 4.78 is 0. The Bertz CT molecular complexity index is 412. The predicted molar refractivity (Wildman–Crippen MR) is 62.5 cm³/mol. The van der Waals surface area contributed by atoms with Crippen LogP contribution < -0.4 is 0 Å². The van der Waals surface area contributed by atoms with Gasteiger partial charge in [0.05, 0.1) is 10.0 Å². The summed E-state index contributed by atoms with van der Waals surface area (Å²) in [5, 5.41) is 1.18. The van der Waals surface area contributed by atoms with Crippen LogP contribution in [-0.4, -0.2) is 6.29 Å². The van der Waals surface area contributed by atoms with Gasteiger partial charge in [-0.05, 0) is 42.0 Å². The van der Waals surface area contributed by atoms with E-state index in [1.54, 1.807) is 6.08 Å². The first-order valence-corrected chi connectivity index (χ1v) is 5.55. The molecule has 0 spiro atoms. The van der Waals surface area contributed by atoms with Crippen molar-refractivity contribution in [2.24, 2.45) is 5.92 Å². The van der Waals surface area contributed by atoms with Crippen molar-refractivity contribution in [3.05, 3.63) is 46.0 Å². The van der Waals surface area contributed by atoms with E-state index in [-0.39, 0.29) is 0 Å². The van der Waals surface area contributed by atoms with Crippen molar-refractivity contribution in [2.75, 3.05) is 0 Å². The SMILES string of the molecule is O=CC=CC1CC1c1ccc(Cl)c(Cl)c1. The largest absolute Gasteiger partial charge is 0.299 e. The Labute approximate surface area is 98.7 Å². The van der Waals surface area contributed by atoms with Gasteiger partial charge in [0.15, 0.2) is 0 Å². The quantitative estimate of drug-likeness (QED) is 0.580. The van der Waals surface area contributed by atoms with Crippen molar-refractivity contribution in [1.29, 1.82) is 0 Å². The highest BCUT2D eigenvalue weighted by Gasteiger charge is 2.36. The minimum Gasteiger partial charge on any atom is -0.299 e. The maximum Gasteiger partial charge on any atom is 0.142 e. The molecule has 0 N–H and O–H groups in total. The van der Waals surface area contributed by atoms with Gasteiger partial charge >= 0.3 is 0 Å². The summed E-state index contributed by atoms with van der Waals surface area (Å²) in [6.45, 7) is 0. The number of carbonyl (C=O) groups is 1. The van der Waals surface area contributed by atoms with Gasteiger partial charge in [-0.1, -0.05) is 35.3 Å². The van der Waals surface area contributed by atoms with Crippen LogP contribution in [0.2, 0.25) is 10.0 Å². The molecule has 1 nitrogen and oxygen atoms in total. The van der Waals surface area contributed by atoms with E-state index < -0.39 is 0 Å². The normalized spacial score (nSPS) is 24.4. The van der Waals surface area contributed by atoms with E-state index in [1.165, 1.54) is 5.56 Å². The van der Waals surface area contributed by atoms with Crippen LogP contribution >= 0.6 is 23.2 Å². The lowest BCUT2D eigenvalue weighted by Crippen LogP contribution is -1.82. The molecule has 2 atom stereocenters. The highest BCUT2D eigenvalue weighted by Crippen LogP contribution is 2.49. The van der Waals surface area contributed by atoms with Gasteiger partial charge in [0.2, 0.25) is 0 Å². The second-order valence-electron chi connectivity index (χ2n) is 3.70. The lowest BCUT2D eigenvalue weighted by Gasteiger charge is -2.00. The number of aldehydes is 1. The molecule has 1 aromatic rings. The fourth-order valence-corrected chi connectivity index (χ4v) is 2.05. The Kier molecular flexibility index (Phi) is 3.13. The molecule has 1 aromatic carbocycles. The molecule has 0 aromatic heterocycles. The van der Waals surface area contributed by atoms with E-state index >= 15 is 0 Å². The third-order valence-corrected chi connectivity index (χ3v) is 3.39. The Morgan fingerprint density at radius 3 is 2.73 bits per heavy atom. The van der Waals surface area contributed by atoms with E-state index in [2.05, 4.69) is 0 Å². The van der Waals surface area contributed by atoms with Crippen molar-refractivity contribution in [3.8, 4) is 0 Å². The predicted octanol–water partition coefficient (Wildman–Crippen LogP) is 3.85. The van der Waals surface area contributed by atoms with E-state index in [0.29, 0.717) is 21.9 Å². The monoisotopic (exact) mass is 240 g/mol. The third kappa shape index (κ3) is 2.42. The molecule has 78 valence electrons. The highest BCUT2D eigenvalue weighted by atomic mass is 35.5. The fraction of sp³-hybridized carbons (Fsp3) is 0.250. The van der Waals surface area contributed by atoms with Gasteiger partial charge in [-0.25, -0.2) is 0 Å². The van der Waals surface area contributed by atoms with Crippen LogP contribution in [0.5, 0.6) is 0 Å². The lowest BCUT2D eigenvalue weighted by atomic mass is 10.1. The van der Waals surface area contributed by atoms with Gasteiger partial charge in [0.25, 0.3) is 0 Å². The molecule has 0 bridgehead atoms. The smallest absolute Gasteiger partial charge is 0.142 e. The van der Waals surface area contributed by atoms with Crippen LogP contribution in [0.1, 0.15) is 17.9 Å². The number of hydrogen-bond acceptors (Lipinski definition) is 1. The van der Waals surface area contributed by atoms with Crippen LogP contribution in [0.4, 0.5) is 0 Å². The average Bonchev–Trinajstić information content (AvgIpc) is 2.98. The molecule has 0 amide bonds. The van der Waals surface area contributed by atoms with Crippen molar-refractivity contribution in [3.63, 3.8) is 0 Å². The fourth-order valence-electron chi connectivity index (χ4n) is 1.74. The zero-order chi connectivity index (χ0) is 10.8. The van der Waals surface area contributed by atoms with Gasteiger partial charge < -0.3 is 0 Å². The molecular formula is C12H10Cl2O. The maximum atomic E-state index is 10.2. The second kappa shape index (κ2) is 4.38. The molecule has 0 radical (unpaired) electrons. The Balaban J connectivity index is 2.10. The van der Waals surface area contributed by atoms with E-state index in [1.807, 2.05) is 24.3 Å². The molecule has 3 heteroatoms. The van der Waals surface area contributed by atoms with Crippen LogP contribution in [0.25, 0.3) is 0 Å². The summed E-state index contributed by atoms with van der Waals surface area (Å²) in [6, 6.07) is 5.72. The number of hydrogen-bond donors (Lipinski definition) is 0. The van der Waals surface area contributed by atoms with E-state index in [9.17, 15) is 4.79 Å². The first-order valence-electron chi connectivity index (χ1n) is 4.79. The van der Waals surface area contributed by atoms with E-state index in [4.69, 9.17) is 23.2 Å². The number of carbonyl (C=O) groups excluding carboxylic acids is 1. The van der Waals surface area contributed by atoms with Gasteiger partial charge in [-0.2, -0.15) is 0 Å². The van der Waals surface area contributed by atoms with Crippen LogP contribution in [-0.2, 0) is 4.79 Å². The Morgan fingerprint density at radius 2 is 2.07 bits per heavy atom. The second-order valence-corrected chi connectivity index (χ2v) is 4.51. The van der Waals surface area contributed by atoms with Gasteiger partial charge in [-0.3, -0.25) is 4.79 Å². The molecule has 0 saturated heterocycles. The van der Waals surface area contributed by atoms with Crippen molar-refractivity contribution in [1.82, 2.24) is 0 Å². The molecule has 0 aliphatic heterocycles. The van der Waals surface area contributed by atoms with Gasteiger partial charge in [-0.15, -0.1) is 0 Å². The van der Waals surface area contributed by atoms with Crippen molar-refractivity contribution >= 4 is 29.5 Å². The lowest BCUT2D eigenvalue weighted by molar-refractivity contribution is -0.104. The summed E-state index contributed by atoms with van der Waals surface area (Å²) in [4.78, 5) is 10.2. The van der Waals surface area contributed by atoms with Crippen LogP contribution in [0, 0.1) is 5.92 Å². The molecule has 15 heavy (non-hydrogen) atoms. The molecule has 1 saturated carbocycles. The highest BCUT2D eigenvalue weighted by molar-refractivity contribution is 6.42. The zero-order valence-electron chi connectivity index (χ0n) is 7.99. The molecular weight excluding hydrogens is 231 g/mol. The molecule has 2 unspecified atom stereocenters. The topological polar surface area (TPSA) is 17.1 Å². The molecule has 0 heterocycles. The van der Waals surface area contributed by atoms with Crippen LogP contribution in [0.3, 0.4) is 0 Å². The van der Waals surface area contributed by atoms with Crippen molar-refractivity contribution in [2.45, 2.75) is 12.3 Å². The summed E-state index contributed by atoms with van der Waals surface area (Å²) in [5.74, 6) is 0.975. The molecule has 2 rings (SSSR count). The summed E-state index contributed by atoms with van der Waals surface area (Å²) >= 11 is 11.8. The molecule has 1 aliphatic rings. The Hall–Kier alpha value is -0.790. The first kappa shape index (κ1) is 10.7.